The van der Waals surface area contributed by atoms with Crippen LogP contribution in [-0.4, -0.2) is 12.1 Å². The van der Waals surface area contributed by atoms with Gasteiger partial charge in [-0.1, -0.05) is 13.8 Å². The molecule has 1 aliphatic heterocycles. The van der Waals surface area contributed by atoms with Crippen molar-refractivity contribution in [1.82, 2.24) is 5.32 Å². The third-order valence-electron chi connectivity index (χ3n) is 3.20. The van der Waals surface area contributed by atoms with Gasteiger partial charge in [0, 0.05) is 5.54 Å². The van der Waals surface area contributed by atoms with Gasteiger partial charge in [0.2, 0.25) is 0 Å². The monoisotopic (exact) mass is 175 g/mol. The summed E-state index contributed by atoms with van der Waals surface area (Å²) in [6.45, 7) is 6.04. The third kappa shape index (κ3) is 1.54. The summed E-state index contributed by atoms with van der Waals surface area (Å²) in [5.74, 6) is 0. The van der Waals surface area contributed by atoms with Crippen LogP contribution in [0.3, 0.4) is 0 Å². The molecular formula is C9H18ClN. The highest BCUT2D eigenvalue weighted by Gasteiger charge is 2.46. The van der Waals surface area contributed by atoms with E-state index in [2.05, 4.69) is 19.2 Å². The minimum atomic E-state index is 0. The highest BCUT2D eigenvalue weighted by molar-refractivity contribution is 5.85. The SMILES string of the molecule is CC1(C)CCC2(CCN2)C1.Cl. The van der Waals surface area contributed by atoms with Gasteiger partial charge in [-0.05, 0) is 37.6 Å². The molecule has 0 radical (unpaired) electrons. The second-order valence-corrected chi connectivity index (χ2v) is 4.80. The van der Waals surface area contributed by atoms with E-state index in [9.17, 15) is 0 Å². The minimum Gasteiger partial charge on any atom is -0.311 e. The first-order valence-electron chi connectivity index (χ1n) is 4.37. The molecule has 2 fully saturated rings. The van der Waals surface area contributed by atoms with E-state index in [1.54, 1.807) is 0 Å². The molecular weight excluding hydrogens is 158 g/mol. The van der Waals surface area contributed by atoms with Gasteiger partial charge in [0.1, 0.15) is 0 Å². The smallest absolute Gasteiger partial charge is 0.0198 e. The highest BCUT2D eigenvalue weighted by Crippen LogP contribution is 2.47. The first-order chi connectivity index (χ1) is 4.62. The summed E-state index contributed by atoms with van der Waals surface area (Å²) in [6, 6.07) is 0. The maximum absolute atomic E-state index is 3.58. The maximum atomic E-state index is 3.58. The molecule has 0 aromatic carbocycles. The average Bonchev–Trinajstić information content (AvgIpc) is 2.04. The van der Waals surface area contributed by atoms with Crippen molar-refractivity contribution in [2.45, 2.75) is 45.1 Å². The van der Waals surface area contributed by atoms with Crippen LogP contribution in [-0.2, 0) is 0 Å². The molecule has 0 aromatic rings. The second-order valence-electron chi connectivity index (χ2n) is 4.80. The first kappa shape index (κ1) is 9.34. The lowest BCUT2D eigenvalue weighted by molar-refractivity contribution is 0.192. The van der Waals surface area contributed by atoms with Crippen LogP contribution in [0.15, 0.2) is 0 Å². The standard InChI is InChI=1S/C9H17N.ClH/c1-8(2)3-4-9(7-8)5-6-10-9;/h10H,3-7H2,1-2H3;1H. The van der Waals surface area contributed by atoms with Gasteiger partial charge in [-0.3, -0.25) is 0 Å². The van der Waals surface area contributed by atoms with E-state index in [1.165, 1.54) is 32.2 Å². The lowest BCUT2D eigenvalue weighted by atomic mass is 9.82. The molecule has 1 saturated carbocycles. The van der Waals surface area contributed by atoms with E-state index in [1.807, 2.05) is 0 Å². The molecule has 0 amide bonds. The van der Waals surface area contributed by atoms with Crippen LogP contribution in [0.1, 0.15) is 39.5 Å². The third-order valence-corrected chi connectivity index (χ3v) is 3.20. The molecule has 66 valence electrons. The summed E-state index contributed by atoms with van der Waals surface area (Å²) in [7, 11) is 0. The number of halogens is 1. The highest BCUT2D eigenvalue weighted by atomic mass is 35.5. The number of hydrogen-bond acceptors (Lipinski definition) is 1. The van der Waals surface area contributed by atoms with Crippen molar-refractivity contribution >= 4 is 12.4 Å². The van der Waals surface area contributed by atoms with E-state index >= 15 is 0 Å². The zero-order chi connectivity index (χ0) is 7.24. The van der Waals surface area contributed by atoms with Gasteiger partial charge in [-0.25, -0.2) is 0 Å². The molecule has 1 atom stereocenters. The van der Waals surface area contributed by atoms with Crippen molar-refractivity contribution in [3.05, 3.63) is 0 Å². The second kappa shape index (κ2) is 2.63. The van der Waals surface area contributed by atoms with Crippen LogP contribution in [0.25, 0.3) is 0 Å². The van der Waals surface area contributed by atoms with Crippen molar-refractivity contribution in [3.8, 4) is 0 Å². The Morgan fingerprint density at radius 3 is 1.91 bits per heavy atom. The van der Waals surface area contributed by atoms with E-state index in [4.69, 9.17) is 0 Å². The van der Waals surface area contributed by atoms with Crippen molar-refractivity contribution in [3.63, 3.8) is 0 Å². The average molecular weight is 176 g/mol. The number of hydrogen-bond donors (Lipinski definition) is 1. The van der Waals surface area contributed by atoms with Crippen molar-refractivity contribution in [1.29, 1.82) is 0 Å². The fraction of sp³-hybridized carbons (Fsp3) is 1.00. The lowest BCUT2D eigenvalue weighted by Crippen LogP contribution is -2.55. The van der Waals surface area contributed by atoms with E-state index in [0.717, 1.165) is 0 Å². The van der Waals surface area contributed by atoms with Gasteiger partial charge in [-0.15, -0.1) is 12.4 Å². The van der Waals surface area contributed by atoms with Crippen LogP contribution < -0.4 is 5.32 Å². The quantitative estimate of drug-likeness (QED) is 0.596. The van der Waals surface area contributed by atoms with Crippen LogP contribution in [0, 0.1) is 5.41 Å². The number of nitrogens with one attached hydrogen (secondary N) is 1. The topological polar surface area (TPSA) is 12.0 Å². The molecule has 1 saturated heterocycles. The van der Waals surface area contributed by atoms with Gasteiger partial charge in [0.05, 0.1) is 0 Å². The molecule has 2 rings (SSSR count). The molecule has 0 bridgehead atoms. The molecule has 1 spiro atoms. The Labute approximate surface area is 75.4 Å². The summed E-state index contributed by atoms with van der Waals surface area (Å²) in [4.78, 5) is 0. The van der Waals surface area contributed by atoms with E-state index < -0.39 is 0 Å². The van der Waals surface area contributed by atoms with Crippen LogP contribution in [0.5, 0.6) is 0 Å². The van der Waals surface area contributed by atoms with E-state index in [0.29, 0.717) is 11.0 Å². The molecule has 2 aliphatic rings. The Morgan fingerprint density at radius 1 is 1.09 bits per heavy atom. The summed E-state index contributed by atoms with van der Waals surface area (Å²) in [6.07, 6.45) is 5.66. The Balaban J connectivity index is 0.000000605. The van der Waals surface area contributed by atoms with Crippen LogP contribution in [0.2, 0.25) is 0 Å². The Morgan fingerprint density at radius 2 is 1.73 bits per heavy atom. The van der Waals surface area contributed by atoms with Gasteiger partial charge < -0.3 is 5.32 Å². The van der Waals surface area contributed by atoms with Crippen LogP contribution in [0.4, 0.5) is 0 Å². The van der Waals surface area contributed by atoms with Gasteiger partial charge in [-0.2, -0.15) is 0 Å². The van der Waals surface area contributed by atoms with Crippen LogP contribution >= 0.6 is 12.4 Å². The fourth-order valence-electron chi connectivity index (χ4n) is 2.51. The van der Waals surface area contributed by atoms with Gasteiger partial charge in [0.15, 0.2) is 0 Å². The van der Waals surface area contributed by atoms with Crippen molar-refractivity contribution < 1.29 is 0 Å². The predicted molar refractivity (Wildman–Crippen MR) is 50.2 cm³/mol. The molecule has 1 N–H and O–H groups in total. The molecule has 11 heavy (non-hydrogen) atoms. The molecule has 1 nitrogen and oxygen atoms in total. The molecule has 1 unspecified atom stereocenters. The minimum absolute atomic E-state index is 0. The summed E-state index contributed by atoms with van der Waals surface area (Å²) >= 11 is 0. The fourth-order valence-corrected chi connectivity index (χ4v) is 2.51. The molecule has 0 aromatic heterocycles. The summed E-state index contributed by atoms with van der Waals surface area (Å²) < 4.78 is 0. The number of rotatable bonds is 0. The maximum Gasteiger partial charge on any atom is 0.0198 e. The Hall–Kier alpha value is 0.250. The summed E-state index contributed by atoms with van der Waals surface area (Å²) in [5, 5.41) is 3.58. The normalized spacial score (nSPS) is 39.8. The van der Waals surface area contributed by atoms with Gasteiger partial charge in [0.25, 0.3) is 0 Å². The predicted octanol–water partition coefficient (Wildman–Crippen LogP) is 2.35. The Bertz CT molecular complexity index is 150. The first-order valence-corrected chi connectivity index (χ1v) is 4.37. The molecule has 1 aliphatic carbocycles. The lowest BCUT2D eigenvalue weighted by Gasteiger charge is -2.41. The molecule has 2 heteroatoms. The largest absolute Gasteiger partial charge is 0.311 e. The van der Waals surface area contributed by atoms with Gasteiger partial charge >= 0.3 is 0 Å². The van der Waals surface area contributed by atoms with Crippen molar-refractivity contribution in [2.24, 2.45) is 5.41 Å². The summed E-state index contributed by atoms with van der Waals surface area (Å²) in [5.41, 5.74) is 1.22. The molecule has 1 heterocycles. The van der Waals surface area contributed by atoms with E-state index in [-0.39, 0.29) is 12.4 Å². The Kier molecular flexibility index (Phi) is 2.24. The zero-order valence-electron chi connectivity index (χ0n) is 7.44. The van der Waals surface area contributed by atoms with Crippen molar-refractivity contribution in [2.75, 3.05) is 6.54 Å². The zero-order valence-corrected chi connectivity index (χ0v) is 8.26.